The molecule has 3 heterocycles. The van der Waals surface area contributed by atoms with Crippen LogP contribution in [0.25, 0.3) is 10.4 Å². The lowest BCUT2D eigenvalue weighted by Crippen LogP contribution is -2.50. The normalized spacial score (nSPS) is 21.1. The van der Waals surface area contributed by atoms with E-state index >= 15 is 0 Å². The third-order valence-corrected chi connectivity index (χ3v) is 8.14. The highest BCUT2D eigenvalue weighted by atomic mass is 32.1. The minimum atomic E-state index is -0.710. The van der Waals surface area contributed by atoms with Crippen molar-refractivity contribution in [1.29, 1.82) is 0 Å². The van der Waals surface area contributed by atoms with Gasteiger partial charge in [0.1, 0.15) is 12.1 Å². The van der Waals surface area contributed by atoms with Crippen molar-refractivity contribution >= 4 is 23.2 Å². The van der Waals surface area contributed by atoms with Crippen LogP contribution in [0.1, 0.15) is 48.5 Å². The van der Waals surface area contributed by atoms with Gasteiger partial charge in [0.15, 0.2) is 0 Å². The number of nitrogens with zero attached hydrogens (tertiary/aromatic N) is 4. The van der Waals surface area contributed by atoms with Crippen molar-refractivity contribution in [2.75, 3.05) is 6.54 Å². The summed E-state index contributed by atoms with van der Waals surface area (Å²) >= 11 is 1.61. The number of aliphatic hydroxyl groups excluding tert-OH is 1. The Morgan fingerprint density at radius 2 is 2.00 bits per heavy atom. The van der Waals surface area contributed by atoms with Crippen LogP contribution in [0.5, 0.6) is 0 Å². The molecule has 2 fully saturated rings. The van der Waals surface area contributed by atoms with Crippen molar-refractivity contribution in [3.8, 4) is 10.4 Å². The molecule has 3 aromatic rings. The van der Waals surface area contributed by atoms with E-state index in [2.05, 4.69) is 15.4 Å². The summed E-state index contributed by atoms with van der Waals surface area (Å²) in [5.74, 6) is -0.149. The minimum Gasteiger partial charge on any atom is -0.391 e. The van der Waals surface area contributed by atoms with Gasteiger partial charge in [-0.2, -0.15) is 5.10 Å². The van der Waals surface area contributed by atoms with E-state index in [0.717, 1.165) is 46.5 Å². The number of aryl methyl sites for hydroxylation is 2. The van der Waals surface area contributed by atoms with E-state index in [4.69, 9.17) is 0 Å². The summed E-state index contributed by atoms with van der Waals surface area (Å²) in [6, 6.07) is 6.94. The van der Waals surface area contributed by atoms with E-state index in [0.29, 0.717) is 6.54 Å². The first-order valence-electron chi connectivity index (χ1n) is 12.2. The zero-order valence-corrected chi connectivity index (χ0v) is 20.9. The number of β-amino-alcohol motifs (C(OH)–C–C–N with tert-alkyl or cyclic N) is 1. The quantitative estimate of drug-likeness (QED) is 0.526. The topological polar surface area (TPSA) is 100 Å². The molecule has 1 saturated heterocycles. The van der Waals surface area contributed by atoms with Crippen molar-refractivity contribution in [1.82, 2.24) is 25.0 Å². The number of carbonyl (C=O) groups excluding carboxylic acids is 2. The third-order valence-electron chi connectivity index (χ3n) is 7.16. The first kappa shape index (κ1) is 23.7. The number of thiazole rings is 1. The first-order chi connectivity index (χ1) is 16.9. The van der Waals surface area contributed by atoms with Crippen LogP contribution in [0.15, 0.2) is 42.2 Å². The number of rotatable bonds is 7. The largest absolute Gasteiger partial charge is 0.391 e. The van der Waals surface area contributed by atoms with E-state index in [1.165, 1.54) is 0 Å². The summed E-state index contributed by atoms with van der Waals surface area (Å²) in [7, 11) is 0. The van der Waals surface area contributed by atoms with Crippen LogP contribution < -0.4 is 5.32 Å². The Labute approximate surface area is 209 Å². The summed E-state index contributed by atoms with van der Waals surface area (Å²) in [5, 5.41) is 17.7. The van der Waals surface area contributed by atoms with E-state index < -0.39 is 18.2 Å². The van der Waals surface area contributed by atoms with Crippen molar-refractivity contribution in [2.24, 2.45) is 5.92 Å². The lowest BCUT2D eigenvalue weighted by atomic mass is 9.79. The maximum atomic E-state index is 13.7. The van der Waals surface area contributed by atoms with Crippen LogP contribution in [-0.2, 0) is 16.1 Å². The molecule has 3 atom stereocenters. The lowest BCUT2D eigenvalue weighted by Gasteiger charge is -2.36. The molecule has 9 heteroatoms. The highest BCUT2D eigenvalue weighted by molar-refractivity contribution is 7.13. The molecule has 0 bridgehead atoms. The van der Waals surface area contributed by atoms with Crippen LogP contribution in [0.3, 0.4) is 0 Å². The molecule has 184 valence electrons. The third kappa shape index (κ3) is 4.88. The van der Waals surface area contributed by atoms with Crippen LogP contribution in [0, 0.1) is 19.8 Å². The molecule has 2 amide bonds. The van der Waals surface area contributed by atoms with Gasteiger partial charge in [0.05, 0.1) is 28.4 Å². The number of aromatic nitrogens is 3. The van der Waals surface area contributed by atoms with Gasteiger partial charge in [0.2, 0.25) is 11.8 Å². The van der Waals surface area contributed by atoms with E-state index in [9.17, 15) is 14.7 Å². The summed E-state index contributed by atoms with van der Waals surface area (Å²) in [6.07, 6.45) is 6.22. The highest BCUT2D eigenvalue weighted by Crippen LogP contribution is 2.38. The second-order valence-electron chi connectivity index (χ2n) is 9.71. The average Bonchev–Trinajstić information content (AvgIpc) is 3.54. The van der Waals surface area contributed by atoms with Crippen LogP contribution in [0.4, 0.5) is 0 Å². The standard InChI is InChI=1S/C26H31N5O3S/c1-16-11-29-31(13-16)23(19-4-3-5-19)26(34)30-14-21(32)10-22(30)25(33)27-12-18-6-8-20(9-7-18)24-17(2)28-15-35-24/h6-9,11,13,15,19,21-23,32H,3-5,10,12,14H2,1-2H3,(H,27,33). The molecule has 0 spiro atoms. The van der Waals surface area contributed by atoms with Gasteiger partial charge in [-0.3, -0.25) is 14.3 Å². The molecule has 1 aliphatic carbocycles. The van der Waals surface area contributed by atoms with Gasteiger partial charge < -0.3 is 15.3 Å². The molecule has 8 nitrogen and oxygen atoms in total. The fraction of sp³-hybridized carbons (Fsp3) is 0.462. The Bertz CT molecular complexity index is 1200. The van der Waals surface area contributed by atoms with Gasteiger partial charge in [-0.05, 0) is 49.3 Å². The molecule has 3 unspecified atom stereocenters. The van der Waals surface area contributed by atoms with Gasteiger partial charge in [0.25, 0.3) is 0 Å². The molecule has 1 aliphatic heterocycles. The van der Waals surface area contributed by atoms with Crippen LogP contribution in [-0.4, -0.2) is 55.3 Å². The monoisotopic (exact) mass is 493 g/mol. The Hall–Kier alpha value is -3.04. The summed E-state index contributed by atoms with van der Waals surface area (Å²) in [4.78, 5) is 33.8. The molecule has 35 heavy (non-hydrogen) atoms. The number of likely N-dealkylation sites (tertiary alicyclic amines) is 1. The fourth-order valence-corrected chi connectivity index (χ4v) is 5.82. The summed E-state index contributed by atoms with van der Waals surface area (Å²) in [5.41, 5.74) is 5.91. The van der Waals surface area contributed by atoms with Gasteiger partial charge in [0, 0.05) is 25.7 Å². The van der Waals surface area contributed by atoms with Gasteiger partial charge in [-0.15, -0.1) is 11.3 Å². The highest BCUT2D eigenvalue weighted by Gasteiger charge is 2.44. The fourth-order valence-electron chi connectivity index (χ4n) is 5.01. The Balaban J connectivity index is 1.26. The zero-order valence-electron chi connectivity index (χ0n) is 20.1. The minimum absolute atomic E-state index is 0.126. The molecule has 5 rings (SSSR count). The molecule has 2 aliphatic rings. The van der Waals surface area contributed by atoms with Crippen molar-refractivity contribution < 1.29 is 14.7 Å². The van der Waals surface area contributed by atoms with Gasteiger partial charge in [-0.1, -0.05) is 30.7 Å². The average molecular weight is 494 g/mol. The predicted molar refractivity (Wildman–Crippen MR) is 134 cm³/mol. The van der Waals surface area contributed by atoms with Crippen molar-refractivity contribution in [3.05, 3.63) is 59.0 Å². The van der Waals surface area contributed by atoms with Crippen molar-refractivity contribution in [3.63, 3.8) is 0 Å². The molecule has 1 saturated carbocycles. The Morgan fingerprint density at radius 3 is 2.60 bits per heavy atom. The maximum absolute atomic E-state index is 13.7. The zero-order chi connectivity index (χ0) is 24.5. The van der Waals surface area contributed by atoms with E-state index in [-0.39, 0.29) is 30.7 Å². The van der Waals surface area contributed by atoms with Crippen LogP contribution in [0.2, 0.25) is 0 Å². The molecule has 0 radical (unpaired) electrons. The first-order valence-corrected chi connectivity index (χ1v) is 13.0. The SMILES string of the molecule is Cc1cnn(C(C(=O)N2CC(O)CC2C(=O)NCc2ccc(-c3scnc3C)cc2)C2CCC2)c1. The van der Waals surface area contributed by atoms with Gasteiger partial charge in [-0.25, -0.2) is 4.98 Å². The maximum Gasteiger partial charge on any atom is 0.248 e. The number of nitrogens with one attached hydrogen (secondary N) is 1. The summed E-state index contributed by atoms with van der Waals surface area (Å²) in [6.45, 7) is 4.47. The number of carbonyl (C=O) groups is 2. The Kier molecular flexibility index (Phi) is 6.71. The number of hydrogen-bond acceptors (Lipinski definition) is 6. The summed E-state index contributed by atoms with van der Waals surface area (Å²) < 4.78 is 1.74. The molecule has 1 aromatic carbocycles. The van der Waals surface area contributed by atoms with Crippen LogP contribution >= 0.6 is 11.3 Å². The van der Waals surface area contributed by atoms with Gasteiger partial charge >= 0.3 is 0 Å². The molecular formula is C26H31N5O3S. The molecule has 2 N–H and O–H groups in total. The van der Waals surface area contributed by atoms with E-state index in [1.54, 1.807) is 27.1 Å². The number of hydrogen-bond donors (Lipinski definition) is 2. The van der Waals surface area contributed by atoms with Crippen molar-refractivity contribution in [2.45, 2.75) is 64.3 Å². The Morgan fingerprint density at radius 1 is 1.23 bits per heavy atom. The number of amides is 2. The second kappa shape index (κ2) is 9.91. The predicted octanol–water partition coefficient (Wildman–Crippen LogP) is 3.24. The number of benzene rings is 1. The molecular weight excluding hydrogens is 462 g/mol. The number of aliphatic hydroxyl groups is 1. The van der Waals surface area contributed by atoms with E-state index in [1.807, 2.05) is 49.8 Å². The second-order valence-corrected chi connectivity index (χ2v) is 10.6. The lowest BCUT2D eigenvalue weighted by molar-refractivity contribution is -0.143. The smallest absolute Gasteiger partial charge is 0.248 e. The molecule has 2 aromatic heterocycles.